The zero-order valence-corrected chi connectivity index (χ0v) is 11.5. The lowest BCUT2D eigenvalue weighted by Crippen LogP contribution is -2.31. The van der Waals surface area contributed by atoms with Crippen LogP contribution in [0.25, 0.3) is 0 Å². The normalized spacial score (nSPS) is 11.3. The highest BCUT2D eigenvalue weighted by atomic mass is 32.2. The van der Waals surface area contributed by atoms with Crippen LogP contribution in [0.4, 0.5) is 8.78 Å². The molecule has 2 aromatic carbocycles. The van der Waals surface area contributed by atoms with Crippen molar-refractivity contribution in [3.05, 3.63) is 66.2 Å². The van der Waals surface area contributed by atoms with Crippen molar-refractivity contribution in [2.24, 2.45) is 0 Å². The molecule has 0 saturated heterocycles. The Labute approximate surface area is 121 Å². The van der Waals surface area contributed by atoms with Gasteiger partial charge in [0.1, 0.15) is 5.75 Å². The summed E-state index contributed by atoms with van der Waals surface area (Å²) in [5.41, 5.74) is 0.284. The van der Waals surface area contributed by atoms with Crippen molar-refractivity contribution in [3.63, 3.8) is 0 Å². The zero-order valence-electron chi connectivity index (χ0n) is 10.7. The average Bonchev–Trinajstić information content (AvgIpc) is 2.47. The van der Waals surface area contributed by atoms with E-state index < -0.39 is 15.4 Å². The molecular formula is C15H10F2O3S. The Morgan fingerprint density at radius 3 is 2.00 bits per heavy atom. The Kier molecular flexibility index (Phi) is 4.24. The van der Waals surface area contributed by atoms with Crippen molar-refractivity contribution < 1.29 is 21.4 Å². The quantitative estimate of drug-likeness (QED) is 0.646. The molecule has 0 saturated carbocycles. The molecule has 0 bridgehead atoms. The van der Waals surface area contributed by atoms with E-state index in [0.717, 1.165) is 0 Å². The zero-order chi connectivity index (χ0) is 15.3. The molecule has 0 N–H and O–H groups in total. The van der Waals surface area contributed by atoms with E-state index in [1.54, 1.807) is 24.3 Å². The number of rotatable bonds is 3. The number of halogens is 2. The number of alkyl halides is 2. The van der Waals surface area contributed by atoms with Crippen molar-refractivity contribution >= 4 is 10.1 Å². The third-order valence-corrected chi connectivity index (χ3v) is 3.53. The molecule has 0 atom stereocenters. The van der Waals surface area contributed by atoms with Crippen LogP contribution in [-0.4, -0.2) is 13.7 Å². The third-order valence-electron chi connectivity index (χ3n) is 2.39. The van der Waals surface area contributed by atoms with Gasteiger partial charge >= 0.3 is 15.4 Å². The first-order valence-corrected chi connectivity index (χ1v) is 7.27. The van der Waals surface area contributed by atoms with E-state index >= 15 is 0 Å². The van der Waals surface area contributed by atoms with Crippen molar-refractivity contribution in [3.8, 4) is 17.6 Å². The van der Waals surface area contributed by atoms with Gasteiger partial charge in [-0.25, -0.2) is 0 Å². The van der Waals surface area contributed by atoms with Crippen molar-refractivity contribution in [1.29, 1.82) is 0 Å². The monoisotopic (exact) mass is 308 g/mol. The second-order valence-electron chi connectivity index (χ2n) is 3.98. The third kappa shape index (κ3) is 3.80. The minimum absolute atomic E-state index is 0.196. The maximum Gasteiger partial charge on any atom is 0.443 e. The van der Waals surface area contributed by atoms with Crippen molar-refractivity contribution in [2.45, 2.75) is 5.25 Å². The van der Waals surface area contributed by atoms with E-state index in [2.05, 4.69) is 10.1 Å². The molecule has 21 heavy (non-hydrogen) atoms. The standard InChI is InChI=1S/C15H10F2O3S/c16-15(17,12-11-13-7-3-1-4-8-13)21(18,19)20-14-9-5-2-6-10-14/h1-10H. The number of para-hydroxylation sites is 1. The first-order valence-electron chi connectivity index (χ1n) is 5.86. The van der Waals surface area contributed by atoms with E-state index in [1.165, 1.54) is 42.3 Å². The molecule has 0 unspecified atom stereocenters. The molecule has 0 amide bonds. The highest BCUT2D eigenvalue weighted by molar-refractivity contribution is 7.88. The van der Waals surface area contributed by atoms with Gasteiger partial charge in [-0.1, -0.05) is 42.3 Å². The average molecular weight is 308 g/mol. The highest BCUT2D eigenvalue weighted by Gasteiger charge is 2.46. The van der Waals surface area contributed by atoms with Crippen LogP contribution in [0, 0.1) is 11.8 Å². The molecule has 3 nitrogen and oxygen atoms in total. The summed E-state index contributed by atoms with van der Waals surface area (Å²) < 4.78 is 54.9. The largest absolute Gasteiger partial charge is 0.443 e. The Morgan fingerprint density at radius 1 is 0.905 bits per heavy atom. The number of benzene rings is 2. The van der Waals surface area contributed by atoms with Crippen molar-refractivity contribution in [2.75, 3.05) is 0 Å². The molecule has 0 aliphatic heterocycles. The predicted octanol–water partition coefficient (Wildman–Crippen LogP) is 3.04. The Hall–Kier alpha value is -2.39. The van der Waals surface area contributed by atoms with Crippen LogP contribution in [0.5, 0.6) is 5.75 Å². The van der Waals surface area contributed by atoms with Crippen molar-refractivity contribution in [1.82, 2.24) is 0 Å². The Morgan fingerprint density at radius 2 is 1.43 bits per heavy atom. The summed E-state index contributed by atoms with van der Waals surface area (Å²) in [4.78, 5) is 0. The molecule has 0 aliphatic rings. The van der Waals surface area contributed by atoms with E-state index in [0.29, 0.717) is 0 Å². The van der Waals surface area contributed by atoms with Gasteiger partial charge in [-0.15, -0.1) is 0 Å². The Bertz CT molecular complexity index is 761. The minimum atomic E-state index is -5.19. The lowest BCUT2D eigenvalue weighted by atomic mass is 10.2. The van der Waals surface area contributed by atoms with Crippen LogP contribution in [0.15, 0.2) is 60.7 Å². The van der Waals surface area contributed by atoms with Gasteiger partial charge in [0.15, 0.2) is 0 Å². The van der Waals surface area contributed by atoms with E-state index in [-0.39, 0.29) is 11.3 Å². The molecule has 6 heteroatoms. The van der Waals surface area contributed by atoms with Crippen LogP contribution < -0.4 is 4.18 Å². The van der Waals surface area contributed by atoms with Gasteiger partial charge in [0.2, 0.25) is 0 Å². The fourth-order valence-electron chi connectivity index (χ4n) is 1.38. The summed E-state index contributed by atoms with van der Waals surface area (Å²) in [7, 11) is -5.19. The van der Waals surface area contributed by atoms with Crippen LogP contribution >= 0.6 is 0 Å². The fraction of sp³-hybridized carbons (Fsp3) is 0.0667. The SMILES string of the molecule is O=S(=O)(Oc1ccccc1)C(F)(F)C#Cc1ccccc1. The van der Waals surface area contributed by atoms with Gasteiger partial charge in [0.05, 0.1) is 0 Å². The lowest BCUT2D eigenvalue weighted by Gasteiger charge is -2.11. The molecule has 108 valence electrons. The Balaban J connectivity index is 2.24. The van der Waals surface area contributed by atoms with Gasteiger partial charge in [0.25, 0.3) is 0 Å². The molecule has 2 aromatic rings. The van der Waals surface area contributed by atoms with Crippen LogP contribution in [0.1, 0.15) is 5.56 Å². The fourth-order valence-corrected chi connectivity index (χ4v) is 2.03. The molecule has 2 rings (SSSR count). The first-order chi connectivity index (χ1) is 9.91. The van der Waals surface area contributed by atoms with Gasteiger partial charge < -0.3 is 4.18 Å². The number of hydrogen-bond donors (Lipinski definition) is 0. The van der Waals surface area contributed by atoms with Gasteiger partial charge in [-0.3, -0.25) is 0 Å². The van der Waals surface area contributed by atoms with Gasteiger partial charge in [-0.05, 0) is 30.2 Å². The summed E-state index contributed by atoms with van der Waals surface area (Å²) in [6.45, 7) is 0. The smallest absolute Gasteiger partial charge is 0.377 e. The summed E-state index contributed by atoms with van der Waals surface area (Å²) in [6.07, 6.45) is 0. The van der Waals surface area contributed by atoms with Gasteiger partial charge in [0, 0.05) is 5.56 Å². The maximum atomic E-state index is 13.7. The summed E-state index contributed by atoms with van der Waals surface area (Å²) in [6, 6.07) is 15.0. The molecular weight excluding hydrogens is 298 g/mol. The second-order valence-corrected chi connectivity index (χ2v) is 5.57. The summed E-state index contributed by atoms with van der Waals surface area (Å²) in [5, 5.41) is -4.31. The molecule has 0 fully saturated rings. The van der Waals surface area contributed by atoms with E-state index in [9.17, 15) is 17.2 Å². The number of hydrogen-bond acceptors (Lipinski definition) is 3. The van der Waals surface area contributed by atoms with Crippen LogP contribution in [0.2, 0.25) is 0 Å². The molecule has 0 spiro atoms. The van der Waals surface area contributed by atoms with Crippen LogP contribution in [0.3, 0.4) is 0 Å². The second kappa shape index (κ2) is 5.94. The minimum Gasteiger partial charge on any atom is -0.377 e. The summed E-state index contributed by atoms with van der Waals surface area (Å²) >= 11 is 0. The van der Waals surface area contributed by atoms with Crippen LogP contribution in [-0.2, 0) is 10.1 Å². The molecule has 0 heterocycles. The predicted molar refractivity (Wildman–Crippen MR) is 74.3 cm³/mol. The van der Waals surface area contributed by atoms with E-state index in [1.807, 2.05) is 0 Å². The summed E-state index contributed by atoms with van der Waals surface area (Å²) in [5.74, 6) is 3.36. The molecule has 0 aliphatic carbocycles. The van der Waals surface area contributed by atoms with Gasteiger partial charge in [-0.2, -0.15) is 17.2 Å². The first kappa shape index (κ1) is 15.0. The molecule has 0 aromatic heterocycles. The topological polar surface area (TPSA) is 43.4 Å². The lowest BCUT2D eigenvalue weighted by molar-refractivity contribution is 0.146. The molecule has 0 radical (unpaired) electrons. The maximum absolute atomic E-state index is 13.7. The van der Waals surface area contributed by atoms with E-state index in [4.69, 9.17) is 0 Å². The highest BCUT2D eigenvalue weighted by Crippen LogP contribution is 2.25.